The van der Waals surface area contributed by atoms with E-state index in [1.807, 2.05) is 0 Å². The molecule has 6 atom stereocenters. The van der Waals surface area contributed by atoms with Crippen molar-refractivity contribution in [2.24, 2.45) is 0 Å². The van der Waals surface area contributed by atoms with Gasteiger partial charge in [-0.15, -0.1) is 0 Å². The largest absolute Gasteiger partial charge is 0.462 e. The van der Waals surface area contributed by atoms with Crippen molar-refractivity contribution < 1.29 is 49.0 Å². The van der Waals surface area contributed by atoms with Crippen molar-refractivity contribution in [2.75, 3.05) is 19.8 Å². The maximum absolute atomic E-state index is 12.8. The smallest absolute Gasteiger partial charge is 0.306 e. The lowest BCUT2D eigenvalue weighted by molar-refractivity contribution is -0.305. The van der Waals surface area contributed by atoms with Gasteiger partial charge in [0.15, 0.2) is 12.4 Å². The van der Waals surface area contributed by atoms with Crippen LogP contribution in [0.1, 0.15) is 213 Å². The molecule has 330 valence electrons. The average molecular weight is 799 g/mol. The highest BCUT2D eigenvalue weighted by atomic mass is 16.7. The van der Waals surface area contributed by atoms with Crippen LogP contribution < -0.4 is 0 Å². The summed E-state index contributed by atoms with van der Waals surface area (Å²) in [6.07, 6.45) is 32.2. The SMILES string of the molecule is CCCCCC/C=C/CCCCCCCC(=O)OC[C@H](CO[C@@H]1O[C@H](CO)[C@H](O)C(O)C1O)OC(=O)CCCCCCCCCCCCCCCCCCCC. The number of rotatable bonds is 39. The number of esters is 2. The quantitative estimate of drug-likeness (QED) is 0.0269. The zero-order chi connectivity index (χ0) is 40.9. The van der Waals surface area contributed by atoms with E-state index in [9.17, 15) is 30.0 Å². The fourth-order valence-corrected chi connectivity index (χ4v) is 7.18. The molecule has 0 bridgehead atoms. The molecule has 1 aliphatic heterocycles. The topological polar surface area (TPSA) is 152 Å². The first-order valence-corrected chi connectivity index (χ1v) is 23.3. The lowest BCUT2D eigenvalue weighted by Gasteiger charge is -2.39. The number of carbonyl (C=O) groups is 2. The molecule has 0 radical (unpaired) electrons. The van der Waals surface area contributed by atoms with Gasteiger partial charge in [0, 0.05) is 12.8 Å². The van der Waals surface area contributed by atoms with Crippen LogP contribution >= 0.6 is 0 Å². The number of hydrogen-bond acceptors (Lipinski definition) is 10. The Bertz CT molecular complexity index is 928. The highest BCUT2D eigenvalue weighted by molar-refractivity contribution is 5.70. The number of aliphatic hydroxyl groups excluding tert-OH is 4. The maximum atomic E-state index is 12.8. The predicted molar refractivity (Wildman–Crippen MR) is 224 cm³/mol. The molecule has 2 unspecified atom stereocenters. The van der Waals surface area contributed by atoms with Crippen molar-refractivity contribution in [2.45, 2.75) is 250 Å². The molecule has 0 aromatic rings. The van der Waals surface area contributed by atoms with Gasteiger partial charge in [0.05, 0.1) is 13.2 Å². The van der Waals surface area contributed by atoms with Crippen molar-refractivity contribution in [1.29, 1.82) is 0 Å². The van der Waals surface area contributed by atoms with Gasteiger partial charge >= 0.3 is 11.9 Å². The summed E-state index contributed by atoms with van der Waals surface area (Å²) in [7, 11) is 0. The molecule has 0 amide bonds. The van der Waals surface area contributed by atoms with Crippen molar-refractivity contribution in [3.63, 3.8) is 0 Å². The highest BCUT2D eigenvalue weighted by Gasteiger charge is 2.44. The minimum Gasteiger partial charge on any atom is -0.462 e. The third kappa shape index (κ3) is 28.8. The Morgan fingerprint density at radius 2 is 0.946 bits per heavy atom. The van der Waals surface area contributed by atoms with Crippen LogP contribution in [0.5, 0.6) is 0 Å². The molecule has 0 spiro atoms. The van der Waals surface area contributed by atoms with Crippen LogP contribution in [-0.2, 0) is 28.5 Å². The van der Waals surface area contributed by atoms with E-state index in [2.05, 4.69) is 26.0 Å². The first-order chi connectivity index (χ1) is 27.3. The third-order valence-electron chi connectivity index (χ3n) is 10.9. The molecule has 0 saturated carbocycles. The molecule has 1 rings (SSSR count). The lowest BCUT2D eigenvalue weighted by Crippen LogP contribution is -2.59. The van der Waals surface area contributed by atoms with E-state index < -0.39 is 49.4 Å². The Labute approximate surface area is 341 Å². The van der Waals surface area contributed by atoms with Crippen LogP contribution in [-0.4, -0.2) is 89.0 Å². The van der Waals surface area contributed by atoms with Crippen molar-refractivity contribution in [1.82, 2.24) is 0 Å². The van der Waals surface area contributed by atoms with Gasteiger partial charge in [-0.3, -0.25) is 9.59 Å². The van der Waals surface area contributed by atoms with Crippen molar-refractivity contribution >= 4 is 11.9 Å². The van der Waals surface area contributed by atoms with Crippen LogP contribution in [0.4, 0.5) is 0 Å². The van der Waals surface area contributed by atoms with Gasteiger partial charge in [-0.05, 0) is 38.5 Å². The van der Waals surface area contributed by atoms with E-state index >= 15 is 0 Å². The van der Waals surface area contributed by atoms with E-state index in [1.54, 1.807) is 0 Å². The predicted octanol–water partition coefficient (Wildman–Crippen LogP) is 9.95. The second-order valence-corrected chi connectivity index (χ2v) is 16.2. The monoisotopic (exact) mass is 799 g/mol. The van der Waals surface area contributed by atoms with E-state index in [0.717, 1.165) is 57.8 Å². The summed E-state index contributed by atoms with van der Waals surface area (Å²) in [6, 6.07) is 0. The molecule has 4 N–H and O–H groups in total. The van der Waals surface area contributed by atoms with E-state index in [4.69, 9.17) is 18.9 Å². The van der Waals surface area contributed by atoms with Gasteiger partial charge in [-0.25, -0.2) is 0 Å². The van der Waals surface area contributed by atoms with Gasteiger partial charge in [-0.2, -0.15) is 0 Å². The number of allylic oxidation sites excluding steroid dienone is 2. The average Bonchev–Trinajstić information content (AvgIpc) is 3.19. The number of hydrogen-bond donors (Lipinski definition) is 4. The fraction of sp³-hybridized carbons (Fsp3) is 0.913. The van der Waals surface area contributed by atoms with Crippen molar-refractivity contribution in [3.8, 4) is 0 Å². The molecule has 1 fully saturated rings. The molecule has 1 saturated heterocycles. The molecular formula is C46H86O10. The Kier molecular flexibility index (Phi) is 35.3. The van der Waals surface area contributed by atoms with E-state index in [-0.39, 0.29) is 32.0 Å². The van der Waals surface area contributed by atoms with Gasteiger partial charge in [0.1, 0.15) is 31.0 Å². The van der Waals surface area contributed by atoms with Gasteiger partial charge in [0.25, 0.3) is 0 Å². The molecule has 0 aromatic carbocycles. The zero-order valence-electron chi connectivity index (χ0n) is 35.9. The molecule has 56 heavy (non-hydrogen) atoms. The molecule has 1 heterocycles. The summed E-state index contributed by atoms with van der Waals surface area (Å²) < 4.78 is 22.2. The minimum atomic E-state index is -1.59. The first kappa shape index (κ1) is 52.5. The van der Waals surface area contributed by atoms with Gasteiger partial charge < -0.3 is 39.4 Å². The van der Waals surface area contributed by atoms with Crippen LogP contribution in [0.2, 0.25) is 0 Å². The Morgan fingerprint density at radius 1 is 0.536 bits per heavy atom. The summed E-state index contributed by atoms with van der Waals surface area (Å²) in [6.45, 7) is 3.42. The lowest BCUT2D eigenvalue weighted by atomic mass is 9.99. The Balaban J connectivity index is 2.30. The molecule has 0 aromatic heterocycles. The van der Waals surface area contributed by atoms with Crippen LogP contribution in [0.25, 0.3) is 0 Å². The normalized spacial score (nSPS) is 20.4. The second kappa shape index (κ2) is 37.7. The number of ether oxygens (including phenoxy) is 4. The van der Waals surface area contributed by atoms with Crippen LogP contribution in [0.3, 0.4) is 0 Å². The zero-order valence-corrected chi connectivity index (χ0v) is 35.9. The number of carbonyl (C=O) groups excluding carboxylic acids is 2. The molecule has 1 aliphatic rings. The Morgan fingerprint density at radius 3 is 1.41 bits per heavy atom. The van der Waals surface area contributed by atoms with E-state index in [1.165, 1.54) is 122 Å². The maximum Gasteiger partial charge on any atom is 0.306 e. The summed E-state index contributed by atoms with van der Waals surface area (Å²) in [5.74, 6) is -0.806. The number of unbranched alkanes of at least 4 members (excludes halogenated alkanes) is 26. The summed E-state index contributed by atoms with van der Waals surface area (Å²) in [5.41, 5.74) is 0. The second-order valence-electron chi connectivity index (χ2n) is 16.2. The first-order valence-electron chi connectivity index (χ1n) is 23.3. The van der Waals surface area contributed by atoms with Crippen LogP contribution in [0, 0.1) is 0 Å². The molecular weight excluding hydrogens is 712 g/mol. The fourth-order valence-electron chi connectivity index (χ4n) is 7.18. The van der Waals surface area contributed by atoms with E-state index in [0.29, 0.717) is 6.42 Å². The standard InChI is InChI=1S/C46H86O10/c1-3-5-7-9-11-13-15-17-18-19-20-21-23-25-27-29-31-33-35-42(49)55-39(38-54-46-45(52)44(51)43(50)40(36-47)56-46)37-53-41(48)34-32-30-28-26-24-22-16-14-12-10-8-6-4-2/h14,16,39-40,43-47,50-52H,3-13,15,17-38H2,1-2H3/b16-14+/t39-,40-,43+,44?,45?,46-/m1/s1. The van der Waals surface area contributed by atoms with Gasteiger partial charge in [0.2, 0.25) is 0 Å². The third-order valence-corrected chi connectivity index (χ3v) is 10.9. The summed E-state index contributed by atoms with van der Waals surface area (Å²) >= 11 is 0. The van der Waals surface area contributed by atoms with Gasteiger partial charge in [-0.1, -0.05) is 174 Å². The number of aliphatic hydroxyl groups is 4. The summed E-state index contributed by atoms with van der Waals surface area (Å²) in [4.78, 5) is 25.3. The molecule has 0 aliphatic carbocycles. The molecule has 10 nitrogen and oxygen atoms in total. The summed E-state index contributed by atoms with van der Waals surface area (Å²) in [5, 5.41) is 40.1. The molecule has 10 heteroatoms. The minimum absolute atomic E-state index is 0.216. The van der Waals surface area contributed by atoms with Crippen molar-refractivity contribution in [3.05, 3.63) is 12.2 Å². The highest BCUT2D eigenvalue weighted by Crippen LogP contribution is 2.23. The van der Waals surface area contributed by atoms with Crippen LogP contribution in [0.15, 0.2) is 12.2 Å². The Hall–Kier alpha value is -1.56.